The molecule has 2 aliphatic heterocycles. The van der Waals surface area contributed by atoms with Gasteiger partial charge in [-0.1, -0.05) is 29.3 Å². The number of hydrogen-bond acceptors (Lipinski definition) is 3. The molecule has 3 aromatic rings. The van der Waals surface area contributed by atoms with E-state index < -0.39 is 0 Å². The molecule has 5 nitrogen and oxygen atoms in total. The Labute approximate surface area is 224 Å². The number of likely N-dealkylation sites (tertiary alicyclic amines) is 2. The van der Waals surface area contributed by atoms with Gasteiger partial charge in [-0.3, -0.25) is 4.79 Å². The zero-order valence-corrected chi connectivity index (χ0v) is 22.7. The van der Waals surface area contributed by atoms with Gasteiger partial charge in [-0.05, 0) is 93.6 Å². The third-order valence-electron chi connectivity index (χ3n) is 7.70. The number of aryl methyl sites for hydroxylation is 3. The molecule has 5 rings (SSSR count). The van der Waals surface area contributed by atoms with Gasteiger partial charge < -0.3 is 19.7 Å². The molecule has 0 spiro atoms. The third-order valence-corrected chi connectivity index (χ3v) is 8.34. The highest BCUT2D eigenvalue weighted by molar-refractivity contribution is 6.31. The second kappa shape index (κ2) is 10.5. The van der Waals surface area contributed by atoms with Crippen LogP contribution in [0, 0.1) is 32.6 Å². The monoisotopic (exact) mass is 524 g/mol. The fraction of sp³-hybridized carbons (Fsp3) is 0.414. The van der Waals surface area contributed by atoms with E-state index in [9.17, 15) is 4.79 Å². The van der Waals surface area contributed by atoms with Crippen LogP contribution in [0.2, 0.25) is 10.0 Å². The van der Waals surface area contributed by atoms with Crippen LogP contribution < -0.4 is 5.32 Å². The number of aromatic nitrogens is 1. The Morgan fingerprint density at radius 2 is 1.61 bits per heavy atom. The molecule has 2 atom stereocenters. The van der Waals surface area contributed by atoms with E-state index >= 15 is 0 Å². The summed E-state index contributed by atoms with van der Waals surface area (Å²) in [5.74, 6) is 1.16. The van der Waals surface area contributed by atoms with Crippen molar-refractivity contribution < 1.29 is 4.79 Å². The summed E-state index contributed by atoms with van der Waals surface area (Å²) in [5.41, 5.74) is 5.98. The van der Waals surface area contributed by atoms with Gasteiger partial charge in [0.05, 0.1) is 11.3 Å². The van der Waals surface area contributed by atoms with E-state index in [2.05, 4.69) is 46.8 Å². The molecule has 2 aromatic carbocycles. The number of benzene rings is 2. The highest BCUT2D eigenvalue weighted by Gasteiger charge is 2.41. The topological polar surface area (TPSA) is 40.5 Å². The van der Waals surface area contributed by atoms with Crippen molar-refractivity contribution in [2.24, 2.45) is 11.8 Å². The molecule has 36 heavy (non-hydrogen) atoms. The minimum absolute atomic E-state index is 0.0851. The largest absolute Gasteiger partial charge is 0.385 e. The molecule has 2 unspecified atom stereocenters. The van der Waals surface area contributed by atoms with Gasteiger partial charge in [0.1, 0.15) is 0 Å². The Hall–Kier alpha value is -2.47. The lowest BCUT2D eigenvalue weighted by atomic mass is 10.0. The molecule has 1 amide bonds. The van der Waals surface area contributed by atoms with Gasteiger partial charge in [-0.25, -0.2) is 0 Å². The van der Waals surface area contributed by atoms with Crippen molar-refractivity contribution >= 4 is 34.8 Å². The Morgan fingerprint density at radius 3 is 2.28 bits per heavy atom. The molecule has 2 saturated heterocycles. The second-order valence-corrected chi connectivity index (χ2v) is 11.2. The summed E-state index contributed by atoms with van der Waals surface area (Å²) in [6, 6.07) is 15.9. The number of amides is 1. The quantitative estimate of drug-likeness (QED) is 0.373. The Morgan fingerprint density at radius 1 is 0.917 bits per heavy atom. The molecule has 2 fully saturated rings. The zero-order valence-electron chi connectivity index (χ0n) is 21.2. The molecule has 0 bridgehead atoms. The van der Waals surface area contributed by atoms with Crippen molar-refractivity contribution in [3.63, 3.8) is 0 Å². The molecule has 2 aliphatic rings. The SMILES string of the molecule is Cc1ccc(NCCCN2CC3CN(C(=O)c4cc(Cl)ccc4-n4c(C)ccc4C)CC3C2)cc1Cl. The number of nitrogens with zero attached hydrogens (tertiary/aromatic N) is 3. The number of nitrogens with one attached hydrogen (secondary N) is 1. The Kier molecular flexibility index (Phi) is 7.34. The van der Waals surface area contributed by atoms with E-state index in [1.807, 2.05) is 42.2 Å². The average Bonchev–Trinajstić information content (AvgIpc) is 3.52. The summed E-state index contributed by atoms with van der Waals surface area (Å²) < 4.78 is 2.14. The number of anilines is 1. The van der Waals surface area contributed by atoms with Gasteiger partial charge in [0.25, 0.3) is 5.91 Å². The Balaban J connectivity index is 1.16. The van der Waals surface area contributed by atoms with Crippen LogP contribution in [0.25, 0.3) is 5.69 Å². The maximum atomic E-state index is 13.7. The van der Waals surface area contributed by atoms with Gasteiger partial charge in [0.15, 0.2) is 0 Å². The molecule has 1 aromatic heterocycles. The van der Waals surface area contributed by atoms with Crippen LogP contribution in [-0.2, 0) is 0 Å². The van der Waals surface area contributed by atoms with Crippen molar-refractivity contribution in [3.05, 3.63) is 81.1 Å². The van der Waals surface area contributed by atoms with E-state index in [0.29, 0.717) is 22.4 Å². The Bertz CT molecular complexity index is 1240. The van der Waals surface area contributed by atoms with Crippen LogP contribution in [0.5, 0.6) is 0 Å². The molecule has 0 radical (unpaired) electrons. The van der Waals surface area contributed by atoms with Crippen molar-refractivity contribution in [3.8, 4) is 5.69 Å². The van der Waals surface area contributed by atoms with Crippen LogP contribution >= 0.6 is 23.2 Å². The van der Waals surface area contributed by atoms with Gasteiger partial charge >= 0.3 is 0 Å². The number of hydrogen-bond donors (Lipinski definition) is 1. The minimum atomic E-state index is 0.0851. The molecular weight excluding hydrogens is 491 g/mol. The molecular formula is C29H34Cl2N4O. The predicted molar refractivity (Wildman–Crippen MR) is 149 cm³/mol. The second-order valence-electron chi connectivity index (χ2n) is 10.3. The standard InChI is InChI=1S/C29H34Cl2N4O/c1-19-5-9-25(14-27(19)31)32-11-4-12-33-15-22-17-34(18-23(22)16-33)29(36)26-13-24(30)8-10-28(26)35-20(2)6-7-21(35)3/h5-10,13-14,22-23,32H,4,11-12,15-18H2,1-3H3. The van der Waals surface area contributed by atoms with Crippen molar-refractivity contribution in [2.75, 3.05) is 44.6 Å². The van der Waals surface area contributed by atoms with E-state index in [4.69, 9.17) is 23.2 Å². The highest BCUT2D eigenvalue weighted by atomic mass is 35.5. The maximum Gasteiger partial charge on any atom is 0.256 e. The molecule has 0 saturated carbocycles. The van der Waals surface area contributed by atoms with Crippen LogP contribution in [0.15, 0.2) is 48.5 Å². The van der Waals surface area contributed by atoms with Gasteiger partial charge in [-0.2, -0.15) is 0 Å². The number of carbonyl (C=O) groups excluding carboxylic acids is 1. The van der Waals surface area contributed by atoms with E-state index in [-0.39, 0.29) is 5.91 Å². The number of rotatable bonds is 7. The average molecular weight is 526 g/mol. The van der Waals surface area contributed by atoms with Gasteiger partial charge in [0.2, 0.25) is 0 Å². The fourth-order valence-electron chi connectivity index (χ4n) is 5.77. The highest BCUT2D eigenvalue weighted by Crippen LogP contribution is 2.33. The first-order valence-electron chi connectivity index (χ1n) is 12.8. The lowest BCUT2D eigenvalue weighted by Crippen LogP contribution is -2.34. The molecule has 3 heterocycles. The van der Waals surface area contributed by atoms with Crippen molar-refractivity contribution in [1.29, 1.82) is 0 Å². The van der Waals surface area contributed by atoms with E-state index in [0.717, 1.165) is 79.0 Å². The number of fused-ring (bicyclic) bond motifs is 1. The molecule has 190 valence electrons. The molecule has 1 N–H and O–H groups in total. The van der Waals surface area contributed by atoms with Gasteiger partial charge in [0, 0.05) is 59.8 Å². The lowest BCUT2D eigenvalue weighted by Gasteiger charge is -2.23. The first-order chi connectivity index (χ1) is 17.3. The summed E-state index contributed by atoms with van der Waals surface area (Å²) >= 11 is 12.6. The van der Waals surface area contributed by atoms with E-state index in [1.165, 1.54) is 0 Å². The summed E-state index contributed by atoms with van der Waals surface area (Å²) in [6.07, 6.45) is 1.08. The van der Waals surface area contributed by atoms with Gasteiger partial charge in [-0.15, -0.1) is 0 Å². The number of halogens is 2. The summed E-state index contributed by atoms with van der Waals surface area (Å²) in [7, 11) is 0. The summed E-state index contributed by atoms with van der Waals surface area (Å²) in [5, 5.41) is 4.87. The van der Waals surface area contributed by atoms with Crippen LogP contribution in [0.4, 0.5) is 5.69 Å². The van der Waals surface area contributed by atoms with Crippen LogP contribution in [-0.4, -0.2) is 59.5 Å². The maximum absolute atomic E-state index is 13.7. The first-order valence-corrected chi connectivity index (χ1v) is 13.5. The van der Waals surface area contributed by atoms with Crippen LogP contribution in [0.1, 0.15) is 33.7 Å². The third kappa shape index (κ3) is 5.15. The number of carbonyl (C=O) groups is 1. The fourth-order valence-corrected chi connectivity index (χ4v) is 6.12. The summed E-state index contributed by atoms with van der Waals surface area (Å²) in [6.45, 7) is 11.9. The lowest BCUT2D eigenvalue weighted by molar-refractivity contribution is 0.0774. The first kappa shape index (κ1) is 25.2. The smallest absolute Gasteiger partial charge is 0.256 e. The van der Waals surface area contributed by atoms with Crippen LogP contribution in [0.3, 0.4) is 0 Å². The summed E-state index contributed by atoms with van der Waals surface area (Å²) in [4.78, 5) is 18.3. The molecule has 7 heteroatoms. The minimum Gasteiger partial charge on any atom is -0.385 e. The van der Waals surface area contributed by atoms with E-state index in [1.54, 1.807) is 0 Å². The van der Waals surface area contributed by atoms with Crippen molar-refractivity contribution in [2.45, 2.75) is 27.2 Å². The molecule has 0 aliphatic carbocycles. The van der Waals surface area contributed by atoms with Crippen molar-refractivity contribution in [1.82, 2.24) is 14.4 Å². The normalized spacial score (nSPS) is 19.6. The zero-order chi connectivity index (χ0) is 25.4. The predicted octanol–water partition coefficient (Wildman–Crippen LogP) is 6.22.